The summed E-state index contributed by atoms with van der Waals surface area (Å²) in [5.74, 6) is 1.50. The Labute approximate surface area is 169 Å². The highest BCUT2D eigenvalue weighted by Gasteiger charge is 2.39. The molecule has 28 heavy (non-hydrogen) atoms. The van der Waals surface area contributed by atoms with E-state index >= 15 is 0 Å². The molecule has 6 heteroatoms. The molecule has 2 aliphatic rings. The maximum absolute atomic E-state index is 11.2. The Morgan fingerprint density at radius 1 is 1.04 bits per heavy atom. The molecule has 3 aromatic carbocycles. The maximum atomic E-state index is 11.2. The van der Waals surface area contributed by atoms with E-state index in [9.17, 15) is 10.2 Å². The molecule has 2 aliphatic heterocycles. The van der Waals surface area contributed by atoms with Crippen LogP contribution in [0.2, 0.25) is 0 Å². The molecule has 148 valence electrons. The van der Waals surface area contributed by atoms with Crippen molar-refractivity contribution in [2.75, 3.05) is 20.8 Å². The van der Waals surface area contributed by atoms with Crippen LogP contribution in [-0.2, 0) is 6.54 Å². The molecule has 0 unspecified atom stereocenters. The van der Waals surface area contributed by atoms with Crippen molar-refractivity contribution in [1.29, 1.82) is 0 Å². The molecule has 1 fully saturated rings. The number of aliphatic hydroxyl groups is 1. The van der Waals surface area contributed by atoms with Crippen LogP contribution in [0.5, 0.6) is 17.2 Å². The highest BCUT2D eigenvalue weighted by molar-refractivity contribution is 6.14. The summed E-state index contributed by atoms with van der Waals surface area (Å²) < 4.78 is 11.0. The fourth-order valence-electron chi connectivity index (χ4n) is 5.00. The zero-order valence-electron chi connectivity index (χ0n) is 15.9. The number of phenols is 1. The molecule has 0 bridgehead atoms. The van der Waals surface area contributed by atoms with Gasteiger partial charge in [-0.05, 0) is 64.9 Å². The standard InChI is InChI=1S/C22H23NO4.ClH/c1-26-18-9-13-14(10-19(18)27-2)20-12(5-3-7-17(20)24)21-15(13)11-23-8-4-6-16(23)22(21)25;/h3,5,7,9-10,16,22,24-25H,4,6,8,11H2,1-2H3;1H/t16-,22+;/m0./s1. The zero-order valence-corrected chi connectivity index (χ0v) is 16.8. The molecule has 0 saturated carbocycles. The lowest BCUT2D eigenvalue weighted by Crippen LogP contribution is -2.39. The van der Waals surface area contributed by atoms with Gasteiger partial charge in [0.05, 0.1) is 20.3 Å². The molecule has 0 radical (unpaired) electrons. The SMILES string of the molecule is COc1cc2c3c(c4cccc(O)c4c2cc1OC)[C@H](O)[C@@H]1CCCN1C3.Cl. The van der Waals surface area contributed by atoms with E-state index in [0.717, 1.165) is 58.6 Å². The molecule has 2 N–H and O–H groups in total. The fourth-order valence-corrected chi connectivity index (χ4v) is 5.00. The first-order valence-corrected chi connectivity index (χ1v) is 9.38. The van der Waals surface area contributed by atoms with Crippen LogP contribution < -0.4 is 9.47 Å². The summed E-state index contributed by atoms with van der Waals surface area (Å²) in [4.78, 5) is 2.37. The van der Waals surface area contributed by atoms with E-state index in [-0.39, 0.29) is 24.2 Å². The van der Waals surface area contributed by atoms with Gasteiger partial charge in [-0.2, -0.15) is 0 Å². The van der Waals surface area contributed by atoms with E-state index in [4.69, 9.17) is 9.47 Å². The third-order valence-electron chi connectivity index (χ3n) is 6.21. The van der Waals surface area contributed by atoms with Crippen LogP contribution in [0.3, 0.4) is 0 Å². The Hall–Kier alpha value is -2.21. The summed E-state index contributed by atoms with van der Waals surface area (Å²) in [6, 6.07) is 9.60. The maximum Gasteiger partial charge on any atom is 0.161 e. The van der Waals surface area contributed by atoms with Gasteiger partial charge in [-0.3, -0.25) is 4.90 Å². The van der Waals surface area contributed by atoms with Gasteiger partial charge in [0, 0.05) is 18.0 Å². The Morgan fingerprint density at radius 2 is 1.75 bits per heavy atom. The average molecular weight is 402 g/mol. The second-order valence-corrected chi connectivity index (χ2v) is 7.47. The third-order valence-corrected chi connectivity index (χ3v) is 6.21. The molecule has 5 nitrogen and oxygen atoms in total. The minimum Gasteiger partial charge on any atom is -0.507 e. The first kappa shape index (κ1) is 19.1. The molecule has 0 aliphatic carbocycles. The number of ether oxygens (including phenoxy) is 2. The summed E-state index contributed by atoms with van der Waals surface area (Å²) in [5, 5.41) is 25.5. The van der Waals surface area contributed by atoms with Crippen molar-refractivity contribution < 1.29 is 19.7 Å². The highest BCUT2D eigenvalue weighted by atomic mass is 35.5. The van der Waals surface area contributed by atoms with Crippen LogP contribution in [0, 0.1) is 0 Å². The number of hydrogen-bond donors (Lipinski definition) is 2. The van der Waals surface area contributed by atoms with Gasteiger partial charge in [-0.25, -0.2) is 0 Å². The number of phenolic OH excluding ortho intramolecular Hbond substituents is 1. The topological polar surface area (TPSA) is 62.2 Å². The quantitative estimate of drug-likeness (QED) is 0.632. The summed E-state index contributed by atoms with van der Waals surface area (Å²) in [6.07, 6.45) is 1.55. The number of hydrogen-bond acceptors (Lipinski definition) is 5. The Bertz CT molecular complexity index is 1070. The largest absolute Gasteiger partial charge is 0.507 e. The van der Waals surface area contributed by atoms with Gasteiger partial charge in [-0.1, -0.05) is 12.1 Å². The normalized spacial score (nSPS) is 21.2. The predicted molar refractivity (Wildman–Crippen MR) is 112 cm³/mol. The van der Waals surface area contributed by atoms with Gasteiger partial charge in [0.1, 0.15) is 5.75 Å². The lowest BCUT2D eigenvalue weighted by atomic mass is 9.83. The van der Waals surface area contributed by atoms with Crippen LogP contribution in [0.15, 0.2) is 30.3 Å². The van der Waals surface area contributed by atoms with Crippen molar-refractivity contribution >= 4 is 34.0 Å². The predicted octanol–water partition coefficient (Wildman–Crippen LogP) is 4.15. The molecule has 2 heterocycles. The lowest BCUT2D eigenvalue weighted by Gasteiger charge is -2.37. The molecule has 0 aromatic heterocycles. The van der Waals surface area contributed by atoms with Crippen LogP contribution in [0.1, 0.15) is 30.1 Å². The summed E-state index contributed by atoms with van der Waals surface area (Å²) in [5.41, 5.74) is 2.07. The molecule has 3 aromatic rings. The van der Waals surface area contributed by atoms with E-state index in [0.29, 0.717) is 11.5 Å². The Morgan fingerprint density at radius 3 is 2.46 bits per heavy atom. The minimum absolute atomic E-state index is 0. The number of aliphatic hydroxyl groups excluding tert-OH is 1. The number of nitrogens with zero attached hydrogens (tertiary/aromatic N) is 1. The van der Waals surface area contributed by atoms with Gasteiger partial charge in [0.15, 0.2) is 11.5 Å². The molecule has 0 spiro atoms. The molecule has 5 rings (SSSR count). The molecule has 0 amide bonds. The van der Waals surface area contributed by atoms with E-state index in [1.54, 1.807) is 20.3 Å². The smallest absolute Gasteiger partial charge is 0.161 e. The van der Waals surface area contributed by atoms with Gasteiger partial charge in [-0.15, -0.1) is 12.4 Å². The Balaban J connectivity index is 0.00000192. The fraction of sp³-hybridized carbons (Fsp3) is 0.364. The van der Waals surface area contributed by atoms with Crippen LogP contribution >= 0.6 is 12.4 Å². The van der Waals surface area contributed by atoms with Crippen molar-refractivity contribution in [3.63, 3.8) is 0 Å². The molecular formula is C22H24ClNO4. The first-order chi connectivity index (χ1) is 13.1. The van der Waals surface area contributed by atoms with Crippen molar-refractivity contribution in [3.05, 3.63) is 41.5 Å². The summed E-state index contributed by atoms with van der Waals surface area (Å²) >= 11 is 0. The number of fused-ring (bicyclic) bond motifs is 7. The second kappa shape index (κ2) is 6.99. The van der Waals surface area contributed by atoms with E-state index in [1.807, 2.05) is 24.3 Å². The minimum atomic E-state index is -0.557. The highest BCUT2D eigenvalue weighted by Crippen LogP contribution is 2.48. The van der Waals surface area contributed by atoms with E-state index in [1.165, 1.54) is 0 Å². The van der Waals surface area contributed by atoms with Crippen LogP contribution in [0.25, 0.3) is 21.5 Å². The van der Waals surface area contributed by atoms with Crippen LogP contribution in [0.4, 0.5) is 0 Å². The van der Waals surface area contributed by atoms with Gasteiger partial charge < -0.3 is 19.7 Å². The van der Waals surface area contributed by atoms with Crippen molar-refractivity contribution in [2.45, 2.75) is 31.5 Å². The van der Waals surface area contributed by atoms with E-state index in [2.05, 4.69) is 4.90 Å². The van der Waals surface area contributed by atoms with Crippen molar-refractivity contribution in [2.24, 2.45) is 0 Å². The van der Waals surface area contributed by atoms with Crippen molar-refractivity contribution in [3.8, 4) is 17.2 Å². The summed E-state index contributed by atoms with van der Waals surface area (Å²) in [6.45, 7) is 1.81. The zero-order chi connectivity index (χ0) is 18.7. The second-order valence-electron chi connectivity index (χ2n) is 7.47. The molecular weight excluding hydrogens is 378 g/mol. The lowest BCUT2D eigenvalue weighted by molar-refractivity contribution is 0.0552. The number of methoxy groups -OCH3 is 2. The van der Waals surface area contributed by atoms with E-state index < -0.39 is 6.10 Å². The summed E-state index contributed by atoms with van der Waals surface area (Å²) in [7, 11) is 3.24. The van der Waals surface area contributed by atoms with Gasteiger partial charge in [0.2, 0.25) is 0 Å². The van der Waals surface area contributed by atoms with Gasteiger partial charge in [0.25, 0.3) is 0 Å². The number of halogens is 1. The number of benzene rings is 3. The first-order valence-electron chi connectivity index (χ1n) is 9.38. The van der Waals surface area contributed by atoms with Gasteiger partial charge >= 0.3 is 0 Å². The number of rotatable bonds is 2. The third kappa shape index (κ3) is 2.54. The van der Waals surface area contributed by atoms with Crippen LogP contribution in [-0.4, -0.2) is 41.9 Å². The number of aromatic hydroxyl groups is 1. The average Bonchev–Trinajstić information content (AvgIpc) is 3.16. The monoisotopic (exact) mass is 401 g/mol. The Kier molecular flexibility index (Phi) is 4.78. The molecule has 1 saturated heterocycles. The van der Waals surface area contributed by atoms with Crippen molar-refractivity contribution in [1.82, 2.24) is 4.90 Å². The molecule has 2 atom stereocenters.